The van der Waals surface area contributed by atoms with Crippen LogP contribution in [-0.4, -0.2) is 27.3 Å². The molecule has 1 aromatic heterocycles. The first kappa shape index (κ1) is 11.7. The number of nitrogens with one attached hydrogen (secondary N) is 1. The van der Waals surface area contributed by atoms with E-state index in [0.717, 1.165) is 25.3 Å². The first-order valence-electron chi connectivity index (χ1n) is 6.23. The summed E-state index contributed by atoms with van der Waals surface area (Å²) in [5.41, 5.74) is 1.45. The molecule has 5 heteroatoms. The molecular weight excluding hydrogens is 244 g/mol. The fourth-order valence-corrected chi connectivity index (χ4v) is 3.40. The highest BCUT2D eigenvalue weighted by Crippen LogP contribution is 2.37. The molecule has 0 radical (unpaired) electrons. The standard InChI is InChI=1S/C13H16N4S/c1-2-5-13-11(4-1)12(10-18-13)14-6-3-8-17-9-7-15-16-17/h1-2,4-5,7,9,12,14H,3,6,8,10H2. The van der Waals surface area contributed by atoms with Crippen LogP contribution >= 0.6 is 11.8 Å². The Bertz CT molecular complexity index is 497. The van der Waals surface area contributed by atoms with Gasteiger partial charge in [0.2, 0.25) is 0 Å². The lowest BCUT2D eigenvalue weighted by Gasteiger charge is -2.12. The number of nitrogens with zero attached hydrogens (tertiary/aromatic N) is 3. The summed E-state index contributed by atoms with van der Waals surface area (Å²) in [6.07, 6.45) is 4.70. The van der Waals surface area contributed by atoms with E-state index in [9.17, 15) is 0 Å². The first-order valence-corrected chi connectivity index (χ1v) is 7.21. The first-order chi connectivity index (χ1) is 8.93. The van der Waals surface area contributed by atoms with E-state index in [1.165, 1.54) is 10.5 Å². The molecule has 4 nitrogen and oxygen atoms in total. The number of aryl methyl sites for hydroxylation is 1. The van der Waals surface area contributed by atoms with E-state index in [2.05, 4.69) is 39.9 Å². The maximum Gasteiger partial charge on any atom is 0.0692 e. The van der Waals surface area contributed by atoms with Gasteiger partial charge in [0.15, 0.2) is 0 Å². The maximum atomic E-state index is 3.96. The van der Waals surface area contributed by atoms with Crippen molar-refractivity contribution in [2.75, 3.05) is 12.3 Å². The van der Waals surface area contributed by atoms with Crippen molar-refractivity contribution < 1.29 is 0 Å². The number of hydrogen-bond acceptors (Lipinski definition) is 4. The molecular formula is C13H16N4S. The van der Waals surface area contributed by atoms with E-state index in [4.69, 9.17) is 0 Å². The van der Waals surface area contributed by atoms with Gasteiger partial charge < -0.3 is 5.32 Å². The minimum absolute atomic E-state index is 0.502. The molecule has 1 N–H and O–H groups in total. The number of rotatable bonds is 5. The van der Waals surface area contributed by atoms with Crippen molar-refractivity contribution >= 4 is 11.8 Å². The van der Waals surface area contributed by atoms with Crippen LogP contribution in [0.25, 0.3) is 0 Å². The number of benzene rings is 1. The molecule has 0 spiro atoms. The van der Waals surface area contributed by atoms with Gasteiger partial charge >= 0.3 is 0 Å². The fraction of sp³-hybridized carbons (Fsp3) is 0.385. The molecule has 1 aromatic carbocycles. The third kappa shape index (κ3) is 2.57. The minimum atomic E-state index is 0.502. The topological polar surface area (TPSA) is 42.7 Å². The number of hydrogen-bond donors (Lipinski definition) is 1. The van der Waals surface area contributed by atoms with Crippen LogP contribution in [0, 0.1) is 0 Å². The second-order valence-electron chi connectivity index (χ2n) is 4.38. The quantitative estimate of drug-likeness (QED) is 0.836. The monoisotopic (exact) mass is 260 g/mol. The molecule has 0 saturated carbocycles. The Morgan fingerprint density at radius 1 is 1.39 bits per heavy atom. The van der Waals surface area contributed by atoms with Crippen molar-refractivity contribution in [2.24, 2.45) is 0 Å². The molecule has 0 fully saturated rings. The van der Waals surface area contributed by atoms with E-state index in [1.54, 1.807) is 6.20 Å². The summed E-state index contributed by atoms with van der Waals surface area (Å²) < 4.78 is 1.87. The summed E-state index contributed by atoms with van der Waals surface area (Å²) in [7, 11) is 0. The Kier molecular flexibility index (Phi) is 3.61. The molecule has 1 aliphatic rings. The molecule has 18 heavy (non-hydrogen) atoms. The Morgan fingerprint density at radius 3 is 3.22 bits per heavy atom. The SMILES string of the molecule is c1ccc2c(c1)SCC2NCCCn1ccnn1. The number of fused-ring (bicyclic) bond motifs is 1. The van der Waals surface area contributed by atoms with Crippen molar-refractivity contribution in [3.05, 3.63) is 42.2 Å². The average molecular weight is 260 g/mol. The van der Waals surface area contributed by atoms with E-state index < -0.39 is 0 Å². The van der Waals surface area contributed by atoms with E-state index >= 15 is 0 Å². The highest BCUT2D eigenvalue weighted by Gasteiger charge is 2.21. The smallest absolute Gasteiger partial charge is 0.0692 e. The molecule has 1 atom stereocenters. The van der Waals surface area contributed by atoms with Crippen molar-refractivity contribution in [2.45, 2.75) is 23.9 Å². The molecule has 3 rings (SSSR count). The van der Waals surface area contributed by atoms with Crippen LogP contribution in [0.15, 0.2) is 41.6 Å². The zero-order valence-electron chi connectivity index (χ0n) is 10.1. The summed E-state index contributed by atoms with van der Waals surface area (Å²) in [6.45, 7) is 1.94. The molecule has 1 aliphatic heterocycles. The molecule has 0 aliphatic carbocycles. The molecule has 0 saturated heterocycles. The maximum absolute atomic E-state index is 3.96. The van der Waals surface area contributed by atoms with Gasteiger partial charge in [-0.15, -0.1) is 16.9 Å². The summed E-state index contributed by atoms with van der Waals surface area (Å²) in [4.78, 5) is 1.42. The third-order valence-electron chi connectivity index (χ3n) is 3.13. The van der Waals surface area contributed by atoms with Gasteiger partial charge in [-0.3, -0.25) is 4.68 Å². The fourth-order valence-electron chi connectivity index (χ4n) is 2.20. The van der Waals surface area contributed by atoms with Crippen LogP contribution < -0.4 is 5.32 Å². The zero-order valence-corrected chi connectivity index (χ0v) is 10.9. The number of thioether (sulfide) groups is 1. The second kappa shape index (κ2) is 5.54. The van der Waals surface area contributed by atoms with Crippen LogP contribution in [0.3, 0.4) is 0 Å². The van der Waals surface area contributed by atoms with Crippen molar-refractivity contribution in [1.82, 2.24) is 20.3 Å². The van der Waals surface area contributed by atoms with E-state index in [0.29, 0.717) is 6.04 Å². The van der Waals surface area contributed by atoms with Crippen LogP contribution in [-0.2, 0) is 6.54 Å². The lowest BCUT2D eigenvalue weighted by molar-refractivity contribution is 0.503. The molecule has 2 heterocycles. The summed E-state index contributed by atoms with van der Waals surface area (Å²) in [5.74, 6) is 1.14. The summed E-state index contributed by atoms with van der Waals surface area (Å²) in [5, 5.41) is 11.4. The minimum Gasteiger partial charge on any atom is -0.309 e. The van der Waals surface area contributed by atoms with Gasteiger partial charge in [-0.1, -0.05) is 23.4 Å². The highest BCUT2D eigenvalue weighted by molar-refractivity contribution is 7.99. The normalized spacial score (nSPS) is 17.9. The van der Waals surface area contributed by atoms with E-state index in [1.807, 2.05) is 22.6 Å². The van der Waals surface area contributed by atoms with Gasteiger partial charge in [-0.2, -0.15) is 0 Å². The Hall–Kier alpha value is -1.33. The predicted molar refractivity (Wildman–Crippen MR) is 72.5 cm³/mol. The molecule has 94 valence electrons. The largest absolute Gasteiger partial charge is 0.309 e. The van der Waals surface area contributed by atoms with Crippen LogP contribution in [0.2, 0.25) is 0 Å². The van der Waals surface area contributed by atoms with Gasteiger partial charge in [0.1, 0.15) is 0 Å². The van der Waals surface area contributed by atoms with Gasteiger partial charge in [-0.05, 0) is 24.6 Å². The summed E-state index contributed by atoms with van der Waals surface area (Å²) >= 11 is 1.94. The Morgan fingerprint density at radius 2 is 2.33 bits per heavy atom. The van der Waals surface area contributed by atoms with Crippen LogP contribution in [0.1, 0.15) is 18.0 Å². The molecule has 2 aromatic rings. The molecule has 0 bridgehead atoms. The van der Waals surface area contributed by atoms with E-state index in [-0.39, 0.29) is 0 Å². The van der Waals surface area contributed by atoms with Gasteiger partial charge in [0, 0.05) is 29.4 Å². The van der Waals surface area contributed by atoms with Crippen molar-refractivity contribution in [3.63, 3.8) is 0 Å². The van der Waals surface area contributed by atoms with Crippen molar-refractivity contribution in [1.29, 1.82) is 0 Å². The lowest BCUT2D eigenvalue weighted by atomic mass is 10.1. The second-order valence-corrected chi connectivity index (χ2v) is 5.44. The number of aromatic nitrogens is 3. The lowest BCUT2D eigenvalue weighted by Crippen LogP contribution is -2.23. The van der Waals surface area contributed by atoms with Crippen molar-refractivity contribution in [3.8, 4) is 0 Å². The van der Waals surface area contributed by atoms with Gasteiger partial charge in [-0.25, -0.2) is 0 Å². The van der Waals surface area contributed by atoms with Crippen LogP contribution in [0.4, 0.5) is 0 Å². The highest BCUT2D eigenvalue weighted by atomic mass is 32.2. The molecule has 0 amide bonds. The predicted octanol–water partition coefficient (Wildman–Crippen LogP) is 2.10. The van der Waals surface area contributed by atoms with Gasteiger partial charge in [0.25, 0.3) is 0 Å². The third-order valence-corrected chi connectivity index (χ3v) is 4.31. The van der Waals surface area contributed by atoms with Crippen LogP contribution in [0.5, 0.6) is 0 Å². The van der Waals surface area contributed by atoms with Gasteiger partial charge in [0.05, 0.1) is 6.20 Å². The summed E-state index contributed by atoms with van der Waals surface area (Å²) in [6, 6.07) is 9.16. The Balaban J connectivity index is 1.47. The Labute approximate surface area is 111 Å². The zero-order chi connectivity index (χ0) is 12.2. The average Bonchev–Trinajstić information content (AvgIpc) is 3.04. The molecule has 1 unspecified atom stereocenters.